The van der Waals surface area contributed by atoms with Gasteiger partial charge in [-0.15, -0.1) is 0 Å². The van der Waals surface area contributed by atoms with E-state index in [0.717, 1.165) is 0 Å². The van der Waals surface area contributed by atoms with Crippen LogP contribution in [0.2, 0.25) is 0 Å². The quantitative estimate of drug-likeness (QED) is 0.578. The minimum absolute atomic E-state index is 0.126. The van der Waals surface area contributed by atoms with E-state index in [1.165, 1.54) is 23.4 Å². The normalized spacial score (nSPS) is 15.3. The summed E-state index contributed by atoms with van der Waals surface area (Å²) >= 11 is 0. The van der Waals surface area contributed by atoms with Gasteiger partial charge >= 0.3 is 0 Å². The molecule has 1 aliphatic heterocycles. The third-order valence-electron chi connectivity index (χ3n) is 5.89. The minimum atomic E-state index is -3.69. The summed E-state index contributed by atoms with van der Waals surface area (Å²) in [5.41, 5.74) is 2.07. The number of benzene rings is 1. The van der Waals surface area contributed by atoms with E-state index in [1.54, 1.807) is 28.4 Å². The second-order valence-electron chi connectivity index (χ2n) is 8.68. The fourth-order valence-corrected chi connectivity index (χ4v) is 5.68. The first kappa shape index (κ1) is 23.9. The van der Waals surface area contributed by atoms with Crippen LogP contribution in [0.1, 0.15) is 32.5 Å². The fraction of sp³-hybridized carbons (Fsp3) is 0.455. The van der Waals surface area contributed by atoms with Gasteiger partial charge in [0.25, 0.3) is 5.56 Å². The highest BCUT2D eigenvalue weighted by Gasteiger charge is 2.31. The molecule has 4 rings (SSSR count). The second kappa shape index (κ2) is 8.84. The maximum absolute atomic E-state index is 13.3. The van der Waals surface area contributed by atoms with Gasteiger partial charge in [0.2, 0.25) is 21.9 Å². The molecule has 0 aliphatic carbocycles. The molecule has 3 heterocycles. The lowest BCUT2D eigenvalue weighted by molar-refractivity contribution is -0.114. The molecule has 0 spiro atoms. The molecule has 1 saturated heterocycles. The smallest absolute Gasteiger partial charge is 0.281 e. The van der Waals surface area contributed by atoms with Crippen molar-refractivity contribution in [2.75, 3.05) is 36.4 Å². The minimum Gasteiger partial charge on any atom is -0.339 e. The third kappa shape index (κ3) is 4.18. The Balaban J connectivity index is 1.59. The first-order chi connectivity index (χ1) is 16.0. The van der Waals surface area contributed by atoms with Crippen LogP contribution in [0.3, 0.4) is 0 Å². The topological polar surface area (TPSA) is 122 Å². The van der Waals surface area contributed by atoms with E-state index in [4.69, 9.17) is 4.98 Å². The molecule has 1 N–H and O–H groups in total. The van der Waals surface area contributed by atoms with Crippen LogP contribution in [-0.4, -0.2) is 64.1 Å². The molecule has 12 heteroatoms. The van der Waals surface area contributed by atoms with E-state index in [-0.39, 0.29) is 35.5 Å². The van der Waals surface area contributed by atoms with Crippen molar-refractivity contribution in [3.8, 4) is 0 Å². The van der Waals surface area contributed by atoms with Gasteiger partial charge in [0.1, 0.15) is 5.52 Å². The van der Waals surface area contributed by atoms with Crippen LogP contribution < -0.4 is 15.8 Å². The summed E-state index contributed by atoms with van der Waals surface area (Å²) in [6.07, 6.45) is 0. The number of anilines is 2. The summed E-state index contributed by atoms with van der Waals surface area (Å²) in [5.74, 6) is 0.306. The standard InChI is InChI=1S/C22H29N7O4S/c1-14(2)29-21(31)20-19(15(3)25-26(20)5)24-22(29)27-10-12-28(13-11-27)34(32,33)18-8-6-17(7-9-18)23-16(4)30/h6-9,14H,10-13H2,1-5H3,(H,23,30). The zero-order chi connectivity index (χ0) is 24.8. The van der Waals surface area contributed by atoms with Crippen LogP contribution >= 0.6 is 0 Å². The van der Waals surface area contributed by atoms with Crippen molar-refractivity contribution < 1.29 is 13.2 Å². The SMILES string of the molecule is CC(=O)Nc1ccc(S(=O)(=O)N2CCN(c3nc4c(C)nn(C)c4c(=O)n3C(C)C)CC2)cc1. The van der Waals surface area contributed by atoms with E-state index in [1.807, 2.05) is 25.7 Å². The molecule has 1 aromatic carbocycles. The van der Waals surface area contributed by atoms with Crippen LogP contribution in [0.25, 0.3) is 11.0 Å². The van der Waals surface area contributed by atoms with Gasteiger partial charge in [-0.25, -0.2) is 13.4 Å². The van der Waals surface area contributed by atoms with Crippen molar-refractivity contribution in [2.45, 2.75) is 38.6 Å². The van der Waals surface area contributed by atoms with Gasteiger partial charge in [0.05, 0.1) is 10.6 Å². The zero-order valence-corrected chi connectivity index (χ0v) is 20.8. The number of aryl methyl sites for hydroxylation is 2. The fourth-order valence-electron chi connectivity index (χ4n) is 4.26. The predicted molar refractivity (Wildman–Crippen MR) is 130 cm³/mol. The molecule has 3 aromatic rings. The highest BCUT2D eigenvalue weighted by atomic mass is 32.2. The first-order valence-corrected chi connectivity index (χ1v) is 12.5. The summed E-state index contributed by atoms with van der Waals surface area (Å²) in [5, 5.41) is 6.98. The van der Waals surface area contributed by atoms with Gasteiger partial charge in [-0.1, -0.05) is 0 Å². The lowest BCUT2D eigenvalue weighted by Gasteiger charge is -2.36. The Hall–Kier alpha value is -3.25. The molecule has 0 saturated carbocycles. The predicted octanol–water partition coefficient (Wildman–Crippen LogP) is 1.49. The van der Waals surface area contributed by atoms with Gasteiger partial charge in [0.15, 0.2) is 5.52 Å². The van der Waals surface area contributed by atoms with E-state index in [2.05, 4.69) is 10.4 Å². The number of rotatable bonds is 5. The Bertz CT molecular complexity index is 1400. The lowest BCUT2D eigenvalue weighted by atomic mass is 10.3. The van der Waals surface area contributed by atoms with Crippen molar-refractivity contribution in [3.05, 3.63) is 40.3 Å². The van der Waals surface area contributed by atoms with Crippen LogP contribution in [0.5, 0.6) is 0 Å². The van der Waals surface area contributed by atoms with E-state index >= 15 is 0 Å². The molecular formula is C22H29N7O4S. The first-order valence-electron chi connectivity index (χ1n) is 11.1. The number of hydrogen-bond acceptors (Lipinski definition) is 7. The number of hydrogen-bond donors (Lipinski definition) is 1. The Morgan fingerprint density at radius 3 is 2.26 bits per heavy atom. The number of fused-ring (bicyclic) bond motifs is 1. The van der Waals surface area contributed by atoms with Gasteiger partial charge in [0, 0.05) is 51.9 Å². The molecule has 34 heavy (non-hydrogen) atoms. The van der Waals surface area contributed by atoms with Gasteiger partial charge in [-0.3, -0.25) is 18.8 Å². The van der Waals surface area contributed by atoms with Crippen LogP contribution in [0, 0.1) is 6.92 Å². The van der Waals surface area contributed by atoms with E-state index in [0.29, 0.717) is 41.5 Å². The molecule has 0 unspecified atom stereocenters. The maximum Gasteiger partial charge on any atom is 0.281 e. The summed E-state index contributed by atoms with van der Waals surface area (Å²) < 4.78 is 30.9. The van der Waals surface area contributed by atoms with Gasteiger partial charge < -0.3 is 10.2 Å². The number of sulfonamides is 1. The summed E-state index contributed by atoms with van der Waals surface area (Å²) in [6.45, 7) is 8.37. The molecule has 11 nitrogen and oxygen atoms in total. The summed E-state index contributed by atoms with van der Waals surface area (Å²) in [7, 11) is -1.96. The summed E-state index contributed by atoms with van der Waals surface area (Å²) in [6, 6.07) is 6.00. The van der Waals surface area contributed by atoms with Gasteiger partial charge in [-0.2, -0.15) is 9.40 Å². The average molecular weight is 488 g/mol. The summed E-state index contributed by atoms with van der Waals surface area (Å²) in [4.78, 5) is 31.4. The molecule has 0 radical (unpaired) electrons. The second-order valence-corrected chi connectivity index (χ2v) is 10.6. The number of aromatic nitrogens is 4. The van der Waals surface area contributed by atoms with Crippen LogP contribution in [0.15, 0.2) is 34.0 Å². The van der Waals surface area contributed by atoms with Crippen molar-refractivity contribution in [1.82, 2.24) is 23.6 Å². The zero-order valence-electron chi connectivity index (χ0n) is 19.9. The molecule has 1 amide bonds. The Morgan fingerprint density at radius 1 is 1.09 bits per heavy atom. The highest BCUT2D eigenvalue weighted by Crippen LogP contribution is 2.24. The van der Waals surface area contributed by atoms with E-state index in [9.17, 15) is 18.0 Å². The highest BCUT2D eigenvalue weighted by molar-refractivity contribution is 7.89. The van der Waals surface area contributed by atoms with Crippen LogP contribution in [0.4, 0.5) is 11.6 Å². The van der Waals surface area contributed by atoms with Crippen molar-refractivity contribution in [2.24, 2.45) is 7.05 Å². The third-order valence-corrected chi connectivity index (χ3v) is 7.80. The lowest BCUT2D eigenvalue weighted by Crippen LogP contribution is -2.50. The van der Waals surface area contributed by atoms with Gasteiger partial charge in [-0.05, 0) is 45.0 Å². The molecular weight excluding hydrogens is 458 g/mol. The van der Waals surface area contributed by atoms with Crippen molar-refractivity contribution in [3.63, 3.8) is 0 Å². The number of carbonyl (C=O) groups excluding carboxylic acids is 1. The molecule has 1 aliphatic rings. The monoisotopic (exact) mass is 487 g/mol. The molecule has 1 fully saturated rings. The maximum atomic E-state index is 13.3. The Labute approximate surface area is 198 Å². The Kier molecular flexibility index (Phi) is 6.21. The Morgan fingerprint density at radius 2 is 1.71 bits per heavy atom. The number of nitrogens with zero attached hydrogens (tertiary/aromatic N) is 6. The average Bonchev–Trinajstić information content (AvgIpc) is 3.07. The number of nitrogens with one attached hydrogen (secondary N) is 1. The number of carbonyl (C=O) groups is 1. The van der Waals surface area contributed by atoms with Crippen LogP contribution in [-0.2, 0) is 21.9 Å². The van der Waals surface area contributed by atoms with Crippen molar-refractivity contribution in [1.29, 1.82) is 0 Å². The molecule has 182 valence electrons. The molecule has 0 atom stereocenters. The molecule has 0 bridgehead atoms. The largest absolute Gasteiger partial charge is 0.339 e. The number of piperazine rings is 1. The van der Waals surface area contributed by atoms with E-state index < -0.39 is 10.0 Å². The number of amides is 1. The van der Waals surface area contributed by atoms with Crippen molar-refractivity contribution >= 4 is 38.6 Å². The molecule has 2 aromatic heterocycles.